The molecule has 2 aliphatic carbocycles. The molecular formula is C18H23NO3. The predicted molar refractivity (Wildman–Crippen MR) is 85.0 cm³/mol. The van der Waals surface area contributed by atoms with Gasteiger partial charge in [0.05, 0.1) is 0 Å². The molecule has 1 atom stereocenters. The number of fused-ring (bicyclic) bond motifs is 1. The highest BCUT2D eigenvalue weighted by molar-refractivity contribution is 6.07. The molecule has 0 heterocycles. The van der Waals surface area contributed by atoms with Crippen molar-refractivity contribution in [3.8, 4) is 0 Å². The molecule has 0 aromatic heterocycles. The summed E-state index contributed by atoms with van der Waals surface area (Å²) < 4.78 is 0. The number of hydrogen-bond acceptors (Lipinski definition) is 3. The van der Waals surface area contributed by atoms with E-state index in [0.29, 0.717) is 24.0 Å². The van der Waals surface area contributed by atoms with Crippen LogP contribution in [-0.2, 0) is 0 Å². The van der Waals surface area contributed by atoms with Gasteiger partial charge in [-0.15, -0.1) is 0 Å². The van der Waals surface area contributed by atoms with E-state index < -0.39 is 11.5 Å². The Bertz CT molecular complexity index is 684. The molecule has 0 aliphatic heterocycles. The highest BCUT2D eigenvalue weighted by atomic mass is 16.6. The average Bonchev–Trinajstić information content (AvgIpc) is 2.74. The zero-order valence-electron chi connectivity index (χ0n) is 13.8. The Morgan fingerprint density at radius 1 is 0.955 bits per heavy atom. The summed E-state index contributed by atoms with van der Waals surface area (Å²) in [7, 11) is 0. The fourth-order valence-electron chi connectivity index (χ4n) is 4.62. The van der Waals surface area contributed by atoms with Crippen molar-refractivity contribution in [3.05, 3.63) is 43.5 Å². The lowest BCUT2D eigenvalue weighted by atomic mass is 9.68. The van der Waals surface area contributed by atoms with Gasteiger partial charge in [-0.2, -0.15) is 0 Å². The minimum atomic E-state index is -0.853. The first kappa shape index (κ1) is 15.2. The Morgan fingerprint density at radius 2 is 1.50 bits per heavy atom. The van der Waals surface area contributed by atoms with Gasteiger partial charge >= 0.3 is 0 Å². The van der Waals surface area contributed by atoms with Crippen molar-refractivity contribution in [3.63, 3.8) is 0 Å². The number of nitro groups is 1. The maximum absolute atomic E-state index is 13.2. The predicted octanol–water partition coefficient (Wildman–Crippen LogP) is 4.38. The number of ketones is 1. The highest BCUT2D eigenvalue weighted by Crippen LogP contribution is 2.57. The smallest absolute Gasteiger partial charge is 0.251 e. The zero-order chi connectivity index (χ0) is 16.2. The van der Waals surface area contributed by atoms with Crippen molar-refractivity contribution < 1.29 is 9.72 Å². The molecule has 0 saturated heterocycles. The maximum Gasteiger partial charge on any atom is 0.251 e. The lowest BCUT2D eigenvalue weighted by Gasteiger charge is -2.32. The maximum atomic E-state index is 13.2. The Hall–Kier alpha value is -1.71. The topological polar surface area (TPSA) is 60.2 Å². The first-order valence-corrected chi connectivity index (χ1v) is 8.11. The van der Waals surface area contributed by atoms with E-state index in [2.05, 4.69) is 0 Å². The van der Waals surface area contributed by atoms with E-state index in [1.165, 1.54) is 0 Å². The zero-order valence-corrected chi connectivity index (χ0v) is 13.8. The van der Waals surface area contributed by atoms with Crippen molar-refractivity contribution in [2.24, 2.45) is 5.41 Å². The summed E-state index contributed by atoms with van der Waals surface area (Å²) >= 11 is 0. The van der Waals surface area contributed by atoms with Crippen LogP contribution in [0.15, 0.2) is 0 Å². The normalized spacial score (nSPS) is 22.9. The Morgan fingerprint density at radius 3 is 2.05 bits per heavy atom. The van der Waals surface area contributed by atoms with Crippen LogP contribution in [0.5, 0.6) is 0 Å². The number of benzene rings is 1. The molecule has 118 valence electrons. The van der Waals surface area contributed by atoms with E-state index in [1.54, 1.807) is 0 Å². The lowest BCUT2D eigenvalue weighted by molar-refractivity contribution is -0.545. The molecule has 3 rings (SSSR count). The molecule has 2 aliphatic rings. The standard InChI is InChI=1S/C18H23NO3/c1-10-11(2)13(4)15-14(12(10)3)16(19(21)22)18(17(15)20)8-6-5-7-9-18/h16H,5-9H2,1-4H3. The SMILES string of the molecule is Cc1c(C)c(C)c2c(c1C)C(=O)C1(CCCCC1)C2[N+](=O)[O-]. The molecule has 0 amide bonds. The first-order valence-electron chi connectivity index (χ1n) is 8.11. The quantitative estimate of drug-likeness (QED) is 0.571. The van der Waals surface area contributed by atoms with Gasteiger partial charge in [0.15, 0.2) is 5.78 Å². The van der Waals surface area contributed by atoms with Crippen LogP contribution in [0.25, 0.3) is 0 Å². The summed E-state index contributed by atoms with van der Waals surface area (Å²) in [6, 6.07) is -0.853. The largest absolute Gasteiger partial charge is 0.293 e. The summed E-state index contributed by atoms with van der Waals surface area (Å²) in [4.78, 5) is 24.9. The van der Waals surface area contributed by atoms with Crippen LogP contribution in [0, 0.1) is 43.2 Å². The minimum absolute atomic E-state index is 0.0348. The molecule has 1 aromatic rings. The highest BCUT2D eigenvalue weighted by Gasteiger charge is 2.61. The van der Waals surface area contributed by atoms with Crippen molar-refractivity contribution in [2.75, 3.05) is 0 Å². The third-order valence-corrected chi connectivity index (χ3v) is 6.17. The number of carbonyl (C=O) groups is 1. The monoisotopic (exact) mass is 301 g/mol. The Labute approximate surface area is 131 Å². The lowest BCUT2D eigenvalue weighted by Crippen LogP contribution is -2.37. The van der Waals surface area contributed by atoms with Gasteiger partial charge in [0, 0.05) is 16.1 Å². The van der Waals surface area contributed by atoms with Crippen LogP contribution >= 0.6 is 0 Å². The minimum Gasteiger partial charge on any atom is -0.293 e. The molecule has 1 fully saturated rings. The second kappa shape index (κ2) is 4.90. The molecule has 1 spiro atoms. The number of Topliss-reactive ketones (excluding diaryl/α,β-unsaturated/α-hetero) is 1. The number of hydrogen-bond donors (Lipinski definition) is 0. The summed E-state index contributed by atoms with van der Waals surface area (Å²) in [5, 5.41) is 11.9. The second-order valence-electron chi connectivity index (χ2n) is 7.02. The molecule has 0 N–H and O–H groups in total. The van der Waals surface area contributed by atoms with Crippen LogP contribution in [0.4, 0.5) is 0 Å². The van der Waals surface area contributed by atoms with Crippen molar-refractivity contribution in [1.82, 2.24) is 0 Å². The Kier molecular flexibility index (Phi) is 3.38. The van der Waals surface area contributed by atoms with E-state index >= 15 is 0 Å². The van der Waals surface area contributed by atoms with Crippen LogP contribution in [0.3, 0.4) is 0 Å². The van der Waals surface area contributed by atoms with Gasteiger partial charge < -0.3 is 0 Å². The molecule has 4 nitrogen and oxygen atoms in total. The Balaban J connectivity index is 2.34. The van der Waals surface area contributed by atoms with Crippen LogP contribution in [0.1, 0.15) is 76.3 Å². The molecule has 1 saturated carbocycles. The van der Waals surface area contributed by atoms with Gasteiger partial charge in [-0.1, -0.05) is 19.3 Å². The van der Waals surface area contributed by atoms with Gasteiger partial charge in [0.1, 0.15) is 5.41 Å². The van der Waals surface area contributed by atoms with E-state index in [-0.39, 0.29) is 10.7 Å². The van der Waals surface area contributed by atoms with Gasteiger partial charge in [0.25, 0.3) is 6.04 Å². The van der Waals surface area contributed by atoms with Crippen LogP contribution in [0.2, 0.25) is 0 Å². The van der Waals surface area contributed by atoms with E-state index in [0.717, 1.165) is 41.5 Å². The third kappa shape index (κ3) is 1.73. The number of carbonyl (C=O) groups excluding carboxylic acids is 1. The fraction of sp³-hybridized carbons (Fsp3) is 0.611. The molecule has 1 aromatic carbocycles. The van der Waals surface area contributed by atoms with Crippen molar-refractivity contribution in [1.29, 1.82) is 0 Å². The van der Waals surface area contributed by atoms with E-state index in [1.807, 2.05) is 27.7 Å². The molecule has 22 heavy (non-hydrogen) atoms. The fourth-order valence-corrected chi connectivity index (χ4v) is 4.62. The van der Waals surface area contributed by atoms with E-state index in [9.17, 15) is 14.9 Å². The van der Waals surface area contributed by atoms with E-state index in [4.69, 9.17) is 0 Å². The summed E-state index contributed by atoms with van der Waals surface area (Å²) in [6.07, 6.45) is 4.22. The summed E-state index contributed by atoms with van der Waals surface area (Å²) in [5.41, 5.74) is 4.64. The average molecular weight is 301 g/mol. The first-order chi connectivity index (χ1) is 10.3. The second-order valence-corrected chi connectivity index (χ2v) is 7.02. The van der Waals surface area contributed by atoms with Crippen LogP contribution in [-0.4, -0.2) is 10.7 Å². The molecular weight excluding hydrogens is 278 g/mol. The molecule has 1 unspecified atom stereocenters. The number of rotatable bonds is 1. The van der Waals surface area contributed by atoms with Gasteiger partial charge in [-0.3, -0.25) is 14.9 Å². The van der Waals surface area contributed by atoms with Crippen molar-refractivity contribution >= 4 is 5.78 Å². The molecule has 0 radical (unpaired) electrons. The molecule has 4 heteroatoms. The van der Waals surface area contributed by atoms with Crippen LogP contribution < -0.4 is 0 Å². The third-order valence-electron chi connectivity index (χ3n) is 6.17. The van der Waals surface area contributed by atoms with Gasteiger partial charge in [0.2, 0.25) is 0 Å². The number of nitrogens with zero attached hydrogens (tertiary/aromatic N) is 1. The van der Waals surface area contributed by atoms with Crippen molar-refractivity contribution in [2.45, 2.75) is 65.8 Å². The van der Waals surface area contributed by atoms with Gasteiger partial charge in [-0.05, 0) is 62.8 Å². The molecule has 0 bridgehead atoms. The summed E-state index contributed by atoms with van der Waals surface area (Å²) in [6.45, 7) is 7.90. The summed E-state index contributed by atoms with van der Waals surface area (Å²) in [5.74, 6) is 0.0348. The van der Waals surface area contributed by atoms with Gasteiger partial charge in [-0.25, -0.2) is 0 Å².